The molecule has 0 atom stereocenters. The zero-order valence-electron chi connectivity index (χ0n) is 17.1. The molecule has 23 heavy (non-hydrogen) atoms. The number of amides is 1. The fourth-order valence-corrected chi connectivity index (χ4v) is 2.79. The summed E-state index contributed by atoms with van der Waals surface area (Å²) in [6.07, 6.45) is 1.56. The van der Waals surface area contributed by atoms with Crippen molar-refractivity contribution in [2.45, 2.75) is 92.0 Å². The van der Waals surface area contributed by atoms with E-state index in [1.165, 1.54) is 0 Å². The minimum absolute atomic E-state index is 0.136. The molecule has 0 saturated heterocycles. The third kappa shape index (κ3) is 10.0. The molecule has 0 fully saturated rings. The van der Waals surface area contributed by atoms with Crippen molar-refractivity contribution >= 4 is 14.4 Å². The summed E-state index contributed by atoms with van der Waals surface area (Å²) in [6.45, 7) is 22.8. The average Bonchev–Trinajstić information content (AvgIpc) is 2.23. The van der Waals surface area contributed by atoms with Crippen molar-refractivity contribution in [1.29, 1.82) is 0 Å². The molecule has 0 rings (SSSR count). The normalized spacial score (nSPS) is 13.8. The Morgan fingerprint density at radius 2 is 1.48 bits per heavy atom. The molecule has 0 radical (unpaired) electrons. The Balaban J connectivity index is 4.14. The van der Waals surface area contributed by atoms with Gasteiger partial charge in [-0.25, -0.2) is 4.79 Å². The molecular formula is C18H39NO3Si. The van der Waals surface area contributed by atoms with E-state index < -0.39 is 13.9 Å². The van der Waals surface area contributed by atoms with Gasteiger partial charge in [-0.1, -0.05) is 34.6 Å². The predicted octanol–water partition coefficient (Wildman–Crippen LogP) is 5.34. The van der Waals surface area contributed by atoms with Crippen LogP contribution in [-0.4, -0.2) is 33.2 Å². The van der Waals surface area contributed by atoms with Gasteiger partial charge in [0.05, 0.1) is 0 Å². The molecule has 0 unspecified atom stereocenters. The maximum absolute atomic E-state index is 11.6. The van der Waals surface area contributed by atoms with Gasteiger partial charge in [-0.3, -0.25) is 0 Å². The van der Waals surface area contributed by atoms with Crippen LogP contribution in [0.15, 0.2) is 0 Å². The summed E-state index contributed by atoms with van der Waals surface area (Å²) < 4.78 is 11.5. The fraction of sp³-hybridized carbons (Fsp3) is 0.944. The number of rotatable bonds is 7. The summed E-state index contributed by atoms with van der Waals surface area (Å²) >= 11 is 0. The van der Waals surface area contributed by atoms with Crippen LogP contribution in [0, 0.1) is 5.41 Å². The van der Waals surface area contributed by atoms with Gasteiger partial charge in [0.1, 0.15) is 5.60 Å². The van der Waals surface area contributed by atoms with Gasteiger partial charge in [-0.2, -0.15) is 0 Å². The highest BCUT2D eigenvalue weighted by molar-refractivity contribution is 6.74. The van der Waals surface area contributed by atoms with Crippen LogP contribution in [0.1, 0.15) is 68.2 Å². The first-order valence-corrected chi connectivity index (χ1v) is 11.6. The SMILES string of the molecule is CC(C)(CCNC(=O)OC(C)(C)C)CCO[Si](C)(C)C(C)(C)C. The lowest BCUT2D eigenvalue weighted by Crippen LogP contribution is -2.41. The number of carbonyl (C=O) groups is 1. The van der Waals surface area contributed by atoms with E-state index in [9.17, 15) is 4.79 Å². The lowest BCUT2D eigenvalue weighted by molar-refractivity contribution is 0.0520. The molecule has 0 bridgehead atoms. The van der Waals surface area contributed by atoms with Crippen LogP contribution in [0.2, 0.25) is 18.1 Å². The number of carbonyl (C=O) groups excluding carboxylic acids is 1. The fourth-order valence-electron chi connectivity index (χ4n) is 1.74. The van der Waals surface area contributed by atoms with Gasteiger partial charge in [-0.05, 0) is 57.2 Å². The molecule has 0 aromatic carbocycles. The van der Waals surface area contributed by atoms with Crippen molar-refractivity contribution in [3.8, 4) is 0 Å². The van der Waals surface area contributed by atoms with Crippen LogP contribution in [0.5, 0.6) is 0 Å². The van der Waals surface area contributed by atoms with Crippen LogP contribution in [-0.2, 0) is 9.16 Å². The van der Waals surface area contributed by atoms with Crippen molar-refractivity contribution in [3.05, 3.63) is 0 Å². The van der Waals surface area contributed by atoms with Crippen LogP contribution < -0.4 is 5.32 Å². The molecule has 138 valence electrons. The summed E-state index contributed by atoms with van der Waals surface area (Å²) in [6, 6.07) is 0. The summed E-state index contributed by atoms with van der Waals surface area (Å²) in [5.41, 5.74) is -0.312. The first kappa shape index (κ1) is 22.4. The van der Waals surface area contributed by atoms with Crippen molar-refractivity contribution in [1.82, 2.24) is 5.32 Å². The molecule has 0 aromatic heterocycles. The molecule has 0 spiro atoms. The Bertz CT molecular complexity index is 379. The summed E-state index contributed by atoms with van der Waals surface area (Å²) in [4.78, 5) is 11.6. The highest BCUT2D eigenvalue weighted by atomic mass is 28.4. The van der Waals surface area contributed by atoms with Crippen LogP contribution in [0.4, 0.5) is 4.79 Å². The molecule has 1 N–H and O–H groups in total. The van der Waals surface area contributed by atoms with E-state index in [1.54, 1.807) is 0 Å². The van der Waals surface area contributed by atoms with Crippen molar-refractivity contribution in [3.63, 3.8) is 0 Å². The van der Waals surface area contributed by atoms with Crippen molar-refractivity contribution in [2.24, 2.45) is 5.41 Å². The first-order chi connectivity index (χ1) is 10.1. The molecule has 0 heterocycles. The Hall–Kier alpha value is -0.553. The standard InChI is InChI=1S/C18H39NO3Si/c1-16(2,3)22-15(20)19-13-11-18(7,8)12-14-21-23(9,10)17(4,5)6/h11-14H2,1-10H3,(H,19,20). The smallest absolute Gasteiger partial charge is 0.407 e. The third-order valence-corrected chi connectivity index (χ3v) is 9.06. The maximum Gasteiger partial charge on any atom is 0.407 e. The Morgan fingerprint density at radius 1 is 0.957 bits per heavy atom. The van der Waals surface area contributed by atoms with Gasteiger partial charge in [-0.15, -0.1) is 0 Å². The Labute approximate surface area is 144 Å². The molecule has 5 heteroatoms. The highest BCUT2D eigenvalue weighted by Gasteiger charge is 2.37. The van der Waals surface area contributed by atoms with E-state index in [1.807, 2.05) is 20.8 Å². The second-order valence-electron chi connectivity index (χ2n) is 9.70. The molecule has 0 aliphatic carbocycles. The van der Waals surface area contributed by atoms with Crippen LogP contribution in [0.25, 0.3) is 0 Å². The van der Waals surface area contributed by atoms with Crippen molar-refractivity contribution < 1.29 is 14.0 Å². The van der Waals surface area contributed by atoms with Gasteiger partial charge in [0, 0.05) is 13.2 Å². The summed E-state index contributed by atoms with van der Waals surface area (Å²) in [5, 5.41) is 3.08. The van der Waals surface area contributed by atoms with Gasteiger partial charge >= 0.3 is 6.09 Å². The largest absolute Gasteiger partial charge is 0.444 e. The van der Waals surface area contributed by atoms with Gasteiger partial charge in [0.2, 0.25) is 0 Å². The van der Waals surface area contributed by atoms with E-state index in [2.05, 4.69) is 53.0 Å². The topological polar surface area (TPSA) is 47.6 Å². The Kier molecular flexibility index (Phi) is 7.82. The van der Waals surface area contributed by atoms with E-state index in [-0.39, 0.29) is 16.5 Å². The number of alkyl carbamates (subject to hydrolysis) is 1. The van der Waals surface area contributed by atoms with Gasteiger partial charge in [0.25, 0.3) is 0 Å². The summed E-state index contributed by atoms with van der Waals surface area (Å²) in [5.74, 6) is 0. The zero-order valence-corrected chi connectivity index (χ0v) is 18.1. The molecule has 1 amide bonds. The molecule has 0 aliphatic heterocycles. The zero-order chi connectivity index (χ0) is 18.5. The van der Waals surface area contributed by atoms with E-state index in [4.69, 9.17) is 9.16 Å². The van der Waals surface area contributed by atoms with Crippen molar-refractivity contribution in [2.75, 3.05) is 13.2 Å². The number of nitrogens with one attached hydrogen (secondary N) is 1. The molecule has 0 aliphatic rings. The van der Waals surface area contributed by atoms with Gasteiger partial charge in [0.15, 0.2) is 8.32 Å². The summed E-state index contributed by atoms with van der Waals surface area (Å²) in [7, 11) is -1.67. The second-order valence-corrected chi connectivity index (χ2v) is 14.5. The lowest BCUT2D eigenvalue weighted by atomic mass is 9.86. The van der Waals surface area contributed by atoms with E-state index in [0.29, 0.717) is 6.54 Å². The molecule has 4 nitrogen and oxygen atoms in total. The minimum atomic E-state index is -1.67. The first-order valence-electron chi connectivity index (χ1n) is 8.67. The van der Waals surface area contributed by atoms with E-state index >= 15 is 0 Å². The monoisotopic (exact) mass is 345 g/mol. The number of ether oxygens (including phenoxy) is 1. The van der Waals surface area contributed by atoms with Gasteiger partial charge < -0.3 is 14.5 Å². The molecule has 0 aromatic rings. The molecular weight excluding hydrogens is 306 g/mol. The second kappa shape index (κ2) is 8.02. The number of hydrogen-bond acceptors (Lipinski definition) is 3. The van der Waals surface area contributed by atoms with Crippen LogP contribution in [0.3, 0.4) is 0 Å². The number of hydrogen-bond donors (Lipinski definition) is 1. The Morgan fingerprint density at radius 3 is 1.91 bits per heavy atom. The van der Waals surface area contributed by atoms with Crippen LogP contribution >= 0.6 is 0 Å². The lowest BCUT2D eigenvalue weighted by Gasteiger charge is -2.37. The predicted molar refractivity (Wildman–Crippen MR) is 100 cm³/mol. The molecule has 0 saturated carbocycles. The van der Waals surface area contributed by atoms with E-state index in [0.717, 1.165) is 19.4 Å². The minimum Gasteiger partial charge on any atom is -0.444 e. The average molecular weight is 346 g/mol. The highest BCUT2D eigenvalue weighted by Crippen LogP contribution is 2.37. The third-order valence-electron chi connectivity index (χ3n) is 4.52. The maximum atomic E-state index is 11.6. The quantitative estimate of drug-likeness (QED) is 0.634.